The van der Waals surface area contributed by atoms with Gasteiger partial charge in [0.05, 0.1) is 13.2 Å². The summed E-state index contributed by atoms with van der Waals surface area (Å²) in [7, 11) is -4.87. The number of aliphatic carboxylic acids is 2. The van der Waals surface area contributed by atoms with Crippen LogP contribution in [0.5, 0.6) is 0 Å². The lowest BCUT2D eigenvalue weighted by Crippen LogP contribution is -2.30. The number of hydrogen-bond acceptors (Lipinski definition) is 13. The second kappa shape index (κ2) is 18.6. The van der Waals surface area contributed by atoms with Gasteiger partial charge in [0.2, 0.25) is 0 Å². The Morgan fingerprint density at radius 3 is 1.65 bits per heavy atom. The molecule has 0 bridgehead atoms. The van der Waals surface area contributed by atoms with Crippen LogP contribution in [-0.4, -0.2) is 88.5 Å². The molecule has 0 aromatic rings. The average molecular weight is 623 g/mol. The number of phosphoric acid groups is 1. The Morgan fingerprint density at radius 2 is 1.19 bits per heavy atom. The van der Waals surface area contributed by atoms with Gasteiger partial charge in [-0.1, -0.05) is 0 Å². The molecule has 0 aliphatic heterocycles. The number of carbonyl (C=O) groups excluding carboxylic acids is 4. The van der Waals surface area contributed by atoms with Gasteiger partial charge in [0.25, 0.3) is 0 Å². The van der Waals surface area contributed by atoms with E-state index in [4.69, 9.17) is 33.5 Å². The maximum absolute atomic E-state index is 12.2. The minimum atomic E-state index is -4.87. The predicted molar refractivity (Wildman–Crippen MR) is 121 cm³/mol. The van der Waals surface area contributed by atoms with Gasteiger partial charge in [0, 0.05) is 48.5 Å². The fraction of sp³-hybridized carbons (Fsp3) is 0.684. The molecule has 0 aromatic carbocycles. The molecule has 0 heterocycles. The van der Waals surface area contributed by atoms with E-state index in [2.05, 4.69) is 20.7 Å². The molecule has 16 nitrogen and oxygen atoms in total. The van der Waals surface area contributed by atoms with E-state index in [1.165, 1.54) is 0 Å². The fourth-order valence-electron chi connectivity index (χ4n) is 2.24. The molecule has 0 saturated carbocycles. The van der Waals surface area contributed by atoms with Crippen LogP contribution in [0.3, 0.4) is 0 Å². The highest BCUT2D eigenvalue weighted by molar-refractivity contribution is 9.18. The SMILES string of the molecule is CC(=O)OC[C@H](COP(=O)(O)OCC(COC(=O)CCCC(=O)O)OC(=O)CCCC(=O)O)OC(=O)Br. The normalized spacial score (nSPS) is 13.9. The number of carbonyl (C=O) groups is 6. The molecule has 0 fully saturated rings. The third kappa shape index (κ3) is 21.2. The van der Waals surface area contributed by atoms with Crippen LogP contribution in [0.4, 0.5) is 4.79 Å². The molecular formula is C19H28BrO16P. The molecule has 0 spiro atoms. The molecule has 0 amide bonds. The van der Waals surface area contributed by atoms with Crippen molar-refractivity contribution in [3.63, 3.8) is 0 Å². The Morgan fingerprint density at radius 1 is 0.730 bits per heavy atom. The summed E-state index contributed by atoms with van der Waals surface area (Å²) >= 11 is 2.48. The molecule has 37 heavy (non-hydrogen) atoms. The van der Waals surface area contributed by atoms with Crippen LogP contribution in [0.15, 0.2) is 0 Å². The Labute approximate surface area is 219 Å². The lowest BCUT2D eigenvalue weighted by Gasteiger charge is -2.21. The fourth-order valence-corrected chi connectivity index (χ4v) is 3.28. The molecule has 0 aliphatic rings. The first-order chi connectivity index (χ1) is 17.2. The lowest BCUT2D eigenvalue weighted by atomic mass is 10.2. The monoisotopic (exact) mass is 622 g/mol. The van der Waals surface area contributed by atoms with Crippen LogP contribution in [0.2, 0.25) is 0 Å². The van der Waals surface area contributed by atoms with Crippen molar-refractivity contribution < 1.29 is 76.4 Å². The number of rotatable bonds is 20. The van der Waals surface area contributed by atoms with Gasteiger partial charge in [-0.15, -0.1) is 0 Å². The number of halogens is 1. The molecule has 0 rings (SSSR count). The molecule has 0 aliphatic carbocycles. The van der Waals surface area contributed by atoms with Gasteiger partial charge >= 0.3 is 42.5 Å². The molecule has 0 aromatic heterocycles. The summed E-state index contributed by atoms with van der Waals surface area (Å²) in [5.41, 5.74) is 0. The maximum atomic E-state index is 12.2. The smallest absolute Gasteiger partial charge is 0.472 e. The quantitative estimate of drug-likeness (QED) is 0.0755. The van der Waals surface area contributed by atoms with Gasteiger partial charge in [0.1, 0.15) is 13.2 Å². The molecule has 3 N–H and O–H groups in total. The van der Waals surface area contributed by atoms with Crippen LogP contribution in [0.1, 0.15) is 45.4 Å². The Bertz CT molecular complexity index is 846. The van der Waals surface area contributed by atoms with Gasteiger partial charge < -0.3 is 34.1 Å². The van der Waals surface area contributed by atoms with Crippen LogP contribution < -0.4 is 0 Å². The number of hydrogen-bond donors (Lipinski definition) is 3. The zero-order valence-corrected chi connectivity index (χ0v) is 22.2. The van der Waals surface area contributed by atoms with Crippen molar-refractivity contribution in [3.8, 4) is 0 Å². The molecular weight excluding hydrogens is 595 g/mol. The highest BCUT2D eigenvalue weighted by Gasteiger charge is 2.28. The number of ether oxygens (including phenoxy) is 4. The van der Waals surface area contributed by atoms with E-state index in [-0.39, 0.29) is 38.5 Å². The highest BCUT2D eigenvalue weighted by atomic mass is 79.9. The van der Waals surface area contributed by atoms with E-state index >= 15 is 0 Å². The first-order valence-corrected chi connectivity index (χ1v) is 12.9. The van der Waals surface area contributed by atoms with Crippen molar-refractivity contribution >= 4 is 58.5 Å². The second-order valence-corrected chi connectivity index (χ2v) is 9.23. The molecule has 2 unspecified atom stereocenters. The van der Waals surface area contributed by atoms with Crippen molar-refractivity contribution in [2.45, 2.75) is 57.7 Å². The standard InChI is InChI=1S/C19H28BrO16P/c1-12(21)31-8-14(36-19(20)28)11-34-37(29,30)33-10-13(35-18(27)7-3-5-16(24)25)9-32-17(26)6-2-4-15(22)23/h13-14H,2-11H2,1H3,(H,22,23)(H,24,25)(H,29,30)/t13?,14-/m1/s1. The van der Waals surface area contributed by atoms with Crippen molar-refractivity contribution in [1.82, 2.24) is 0 Å². The average Bonchev–Trinajstić information content (AvgIpc) is 2.76. The van der Waals surface area contributed by atoms with E-state index < -0.39 is 81.2 Å². The van der Waals surface area contributed by atoms with E-state index in [9.17, 15) is 38.2 Å². The number of esters is 3. The van der Waals surface area contributed by atoms with Gasteiger partial charge in [-0.25, -0.2) is 9.36 Å². The third-order valence-corrected chi connectivity index (χ3v) is 4.99. The summed E-state index contributed by atoms with van der Waals surface area (Å²) in [6, 6.07) is 0. The van der Waals surface area contributed by atoms with Gasteiger partial charge in [-0.3, -0.25) is 33.0 Å². The Hall–Kier alpha value is -2.59. The highest BCUT2D eigenvalue weighted by Crippen LogP contribution is 2.43. The van der Waals surface area contributed by atoms with Crippen molar-refractivity contribution in [1.29, 1.82) is 0 Å². The number of carboxylic acid groups (broad SMARTS) is 2. The van der Waals surface area contributed by atoms with Gasteiger partial charge in [0.15, 0.2) is 12.2 Å². The van der Waals surface area contributed by atoms with E-state index in [0.29, 0.717) is 0 Å². The molecule has 18 heteroatoms. The zero-order chi connectivity index (χ0) is 28.4. The molecule has 212 valence electrons. The van der Waals surface area contributed by atoms with Crippen LogP contribution in [0, 0.1) is 0 Å². The van der Waals surface area contributed by atoms with Gasteiger partial charge in [-0.2, -0.15) is 0 Å². The largest absolute Gasteiger partial charge is 0.481 e. The van der Waals surface area contributed by atoms with Crippen LogP contribution >= 0.6 is 23.8 Å². The molecule has 0 saturated heterocycles. The van der Waals surface area contributed by atoms with Crippen molar-refractivity contribution in [2.75, 3.05) is 26.4 Å². The van der Waals surface area contributed by atoms with Crippen LogP contribution in [-0.2, 0) is 56.5 Å². The maximum Gasteiger partial charge on any atom is 0.472 e. The minimum absolute atomic E-state index is 0.0164. The summed E-state index contributed by atoms with van der Waals surface area (Å²) in [6.45, 7) is -1.60. The predicted octanol–water partition coefficient (Wildman–Crippen LogP) is 1.55. The second-order valence-electron chi connectivity index (χ2n) is 7.13. The summed E-state index contributed by atoms with van der Waals surface area (Å²) < 4.78 is 40.9. The minimum Gasteiger partial charge on any atom is -0.481 e. The van der Waals surface area contributed by atoms with E-state index in [0.717, 1.165) is 6.92 Å². The number of phosphoric ester groups is 1. The van der Waals surface area contributed by atoms with Gasteiger partial charge in [-0.05, 0) is 12.8 Å². The van der Waals surface area contributed by atoms with Crippen molar-refractivity contribution in [3.05, 3.63) is 0 Å². The van der Waals surface area contributed by atoms with E-state index in [1.807, 2.05) is 0 Å². The lowest BCUT2D eigenvalue weighted by molar-refractivity contribution is -0.161. The number of carboxylic acids is 2. The Balaban J connectivity index is 4.98. The van der Waals surface area contributed by atoms with Crippen molar-refractivity contribution in [2.24, 2.45) is 0 Å². The zero-order valence-electron chi connectivity index (χ0n) is 19.7. The Kier molecular flexibility index (Phi) is 17.3. The summed E-state index contributed by atoms with van der Waals surface area (Å²) in [4.78, 5) is 75.7. The summed E-state index contributed by atoms with van der Waals surface area (Å²) in [6.07, 6.45) is -3.96. The topological polar surface area (TPSA) is 236 Å². The first kappa shape index (κ1) is 34.4. The summed E-state index contributed by atoms with van der Waals surface area (Å²) in [5, 5.41) is 17.2. The van der Waals surface area contributed by atoms with Crippen LogP contribution in [0.25, 0.3) is 0 Å². The third-order valence-electron chi connectivity index (χ3n) is 3.85. The summed E-state index contributed by atoms with van der Waals surface area (Å²) in [5.74, 6) is -4.71. The van der Waals surface area contributed by atoms with E-state index in [1.54, 1.807) is 0 Å². The first-order valence-electron chi connectivity index (χ1n) is 10.6. The molecule has 3 atom stereocenters. The molecule has 0 radical (unpaired) electrons.